The Morgan fingerprint density at radius 3 is 2.20 bits per heavy atom. The zero-order valence-electron chi connectivity index (χ0n) is 12.6. The molecule has 3 nitrogen and oxygen atoms in total. The molecule has 1 aromatic rings. The number of anilines is 1. The van der Waals surface area contributed by atoms with E-state index in [1.807, 2.05) is 24.3 Å². The first kappa shape index (κ1) is 15.5. The lowest BCUT2D eigenvalue weighted by Crippen LogP contribution is -2.30. The highest BCUT2D eigenvalue weighted by atomic mass is 79.9. The van der Waals surface area contributed by atoms with Crippen LogP contribution in [0.3, 0.4) is 0 Å². The number of nitrogens with one attached hydrogen (secondary N) is 2. The first-order chi connectivity index (χ1) is 9.25. The second kappa shape index (κ2) is 5.49. The molecule has 0 saturated heterocycles. The summed E-state index contributed by atoms with van der Waals surface area (Å²) in [5.41, 5.74) is 1.55. The van der Waals surface area contributed by atoms with Gasteiger partial charge in [0.1, 0.15) is 0 Å². The normalized spacial score (nSPS) is 19.6. The lowest BCUT2D eigenvalue weighted by Gasteiger charge is -2.07. The Morgan fingerprint density at radius 1 is 1.15 bits per heavy atom. The Bertz CT molecular complexity index is 480. The molecule has 1 aromatic carbocycles. The van der Waals surface area contributed by atoms with Gasteiger partial charge in [0.2, 0.25) is 5.91 Å². The number of halogens is 1. The molecule has 20 heavy (non-hydrogen) atoms. The summed E-state index contributed by atoms with van der Waals surface area (Å²) in [7, 11) is 0. The average molecular weight is 339 g/mol. The van der Waals surface area contributed by atoms with Gasteiger partial charge in [-0.15, -0.1) is 0 Å². The van der Waals surface area contributed by atoms with Crippen LogP contribution in [0.25, 0.3) is 0 Å². The predicted molar refractivity (Wildman–Crippen MR) is 86.7 cm³/mol. The molecule has 0 aromatic heterocycles. The molecule has 0 bridgehead atoms. The molecule has 0 spiro atoms. The molecule has 1 aliphatic carbocycles. The maximum Gasteiger partial charge on any atom is 0.238 e. The Hall–Kier alpha value is -0.870. The third kappa shape index (κ3) is 3.07. The third-order valence-corrected chi connectivity index (χ3v) is 5.61. The molecule has 0 radical (unpaired) electrons. The summed E-state index contributed by atoms with van der Waals surface area (Å²) in [6.45, 7) is 10.4. The number of amides is 1. The molecule has 0 aliphatic heterocycles. The molecule has 1 saturated carbocycles. The monoisotopic (exact) mass is 338 g/mol. The standard InChI is InChI=1S/C16H23BrN2O/c1-15(2)13(16(15,3)4)9-18-10-14(20)19-12-7-5-11(17)6-8-12/h5-8,13,18H,9-10H2,1-4H3,(H,19,20). The molecule has 1 amide bonds. The van der Waals surface area contributed by atoms with Crippen LogP contribution in [0.15, 0.2) is 28.7 Å². The van der Waals surface area contributed by atoms with Crippen molar-refractivity contribution >= 4 is 27.5 Å². The lowest BCUT2D eigenvalue weighted by molar-refractivity contribution is -0.115. The van der Waals surface area contributed by atoms with Crippen molar-refractivity contribution < 1.29 is 4.79 Å². The number of hydrogen-bond acceptors (Lipinski definition) is 2. The minimum absolute atomic E-state index is 0.00332. The van der Waals surface area contributed by atoms with E-state index in [4.69, 9.17) is 0 Å². The van der Waals surface area contributed by atoms with Crippen LogP contribution in [-0.2, 0) is 4.79 Å². The molecule has 2 rings (SSSR count). The van der Waals surface area contributed by atoms with Gasteiger partial charge in [0.05, 0.1) is 6.54 Å². The minimum Gasteiger partial charge on any atom is -0.325 e. The van der Waals surface area contributed by atoms with Gasteiger partial charge in [0.25, 0.3) is 0 Å². The minimum atomic E-state index is 0.00332. The summed E-state index contributed by atoms with van der Waals surface area (Å²) in [5, 5.41) is 6.15. The van der Waals surface area contributed by atoms with E-state index >= 15 is 0 Å². The van der Waals surface area contributed by atoms with Gasteiger partial charge < -0.3 is 10.6 Å². The Morgan fingerprint density at radius 2 is 1.70 bits per heavy atom. The Kier molecular flexibility index (Phi) is 4.26. The number of carbonyl (C=O) groups excluding carboxylic acids is 1. The summed E-state index contributed by atoms with van der Waals surface area (Å²) < 4.78 is 1.01. The van der Waals surface area contributed by atoms with E-state index in [0.29, 0.717) is 23.3 Å². The predicted octanol–water partition coefficient (Wildman–Crippen LogP) is 3.66. The molecule has 0 heterocycles. The van der Waals surface area contributed by atoms with Gasteiger partial charge in [0, 0.05) is 10.2 Å². The first-order valence-electron chi connectivity index (χ1n) is 7.01. The fourth-order valence-electron chi connectivity index (χ4n) is 2.91. The Labute approximate surface area is 129 Å². The van der Waals surface area contributed by atoms with Crippen LogP contribution in [-0.4, -0.2) is 19.0 Å². The number of carbonyl (C=O) groups is 1. The summed E-state index contributed by atoms with van der Waals surface area (Å²) in [4.78, 5) is 11.8. The molecule has 1 aliphatic rings. The van der Waals surface area contributed by atoms with Gasteiger partial charge in [-0.2, -0.15) is 0 Å². The average Bonchev–Trinajstić information content (AvgIpc) is 2.74. The van der Waals surface area contributed by atoms with Crippen molar-refractivity contribution in [3.8, 4) is 0 Å². The highest BCUT2D eigenvalue weighted by Crippen LogP contribution is 2.67. The van der Waals surface area contributed by atoms with E-state index in [9.17, 15) is 4.79 Å². The van der Waals surface area contributed by atoms with Gasteiger partial charge in [-0.3, -0.25) is 4.79 Å². The van der Waals surface area contributed by atoms with Crippen molar-refractivity contribution in [3.63, 3.8) is 0 Å². The molecule has 0 unspecified atom stereocenters. The number of rotatable bonds is 5. The van der Waals surface area contributed by atoms with Gasteiger partial charge >= 0.3 is 0 Å². The van der Waals surface area contributed by atoms with Crippen LogP contribution in [0.2, 0.25) is 0 Å². The molecule has 110 valence electrons. The lowest BCUT2D eigenvalue weighted by atomic mass is 10.0. The fraction of sp³-hybridized carbons (Fsp3) is 0.562. The van der Waals surface area contributed by atoms with Crippen molar-refractivity contribution in [2.75, 3.05) is 18.4 Å². The molecule has 4 heteroatoms. The van der Waals surface area contributed by atoms with Gasteiger partial charge in [-0.05, 0) is 47.6 Å². The van der Waals surface area contributed by atoms with E-state index in [1.165, 1.54) is 0 Å². The molecular formula is C16H23BrN2O. The van der Waals surface area contributed by atoms with Crippen molar-refractivity contribution in [2.45, 2.75) is 27.7 Å². The van der Waals surface area contributed by atoms with Crippen molar-refractivity contribution in [2.24, 2.45) is 16.7 Å². The van der Waals surface area contributed by atoms with E-state index in [-0.39, 0.29) is 5.91 Å². The van der Waals surface area contributed by atoms with Gasteiger partial charge in [-0.25, -0.2) is 0 Å². The van der Waals surface area contributed by atoms with Crippen LogP contribution in [0.4, 0.5) is 5.69 Å². The number of hydrogen-bond donors (Lipinski definition) is 2. The SMILES string of the molecule is CC1(C)C(CNCC(=O)Nc2ccc(Br)cc2)C1(C)C. The molecule has 0 atom stereocenters. The van der Waals surface area contributed by atoms with Crippen LogP contribution in [0.1, 0.15) is 27.7 Å². The van der Waals surface area contributed by atoms with E-state index in [0.717, 1.165) is 16.7 Å². The third-order valence-electron chi connectivity index (χ3n) is 5.08. The highest BCUT2D eigenvalue weighted by molar-refractivity contribution is 9.10. The van der Waals surface area contributed by atoms with Crippen LogP contribution in [0.5, 0.6) is 0 Å². The smallest absolute Gasteiger partial charge is 0.238 e. The van der Waals surface area contributed by atoms with Crippen LogP contribution in [0, 0.1) is 16.7 Å². The zero-order chi connectivity index (χ0) is 15.0. The van der Waals surface area contributed by atoms with Crippen molar-refractivity contribution in [3.05, 3.63) is 28.7 Å². The van der Waals surface area contributed by atoms with E-state index in [1.54, 1.807) is 0 Å². The van der Waals surface area contributed by atoms with Gasteiger partial charge in [0.15, 0.2) is 0 Å². The maximum absolute atomic E-state index is 11.8. The largest absolute Gasteiger partial charge is 0.325 e. The summed E-state index contributed by atoms with van der Waals surface area (Å²) in [6, 6.07) is 7.60. The zero-order valence-corrected chi connectivity index (χ0v) is 14.2. The summed E-state index contributed by atoms with van der Waals surface area (Å²) in [5.74, 6) is 0.638. The topological polar surface area (TPSA) is 41.1 Å². The van der Waals surface area contributed by atoms with E-state index < -0.39 is 0 Å². The summed E-state index contributed by atoms with van der Waals surface area (Å²) in [6.07, 6.45) is 0. The van der Waals surface area contributed by atoms with Crippen LogP contribution >= 0.6 is 15.9 Å². The highest BCUT2D eigenvalue weighted by Gasteiger charge is 2.63. The van der Waals surface area contributed by atoms with Crippen molar-refractivity contribution in [1.82, 2.24) is 5.32 Å². The second-order valence-corrected chi connectivity index (χ2v) is 7.60. The van der Waals surface area contributed by atoms with E-state index in [2.05, 4.69) is 54.3 Å². The van der Waals surface area contributed by atoms with Crippen molar-refractivity contribution in [1.29, 1.82) is 0 Å². The van der Waals surface area contributed by atoms with Crippen LogP contribution < -0.4 is 10.6 Å². The fourth-order valence-corrected chi connectivity index (χ4v) is 3.18. The Balaban J connectivity index is 1.73. The maximum atomic E-state index is 11.8. The molecule has 1 fully saturated rings. The van der Waals surface area contributed by atoms with Gasteiger partial charge in [-0.1, -0.05) is 43.6 Å². The molecule has 2 N–H and O–H groups in total. The quantitative estimate of drug-likeness (QED) is 0.860. The molecular weight excluding hydrogens is 316 g/mol. The second-order valence-electron chi connectivity index (χ2n) is 6.68. The number of benzene rings is 1. The first-order valence-corrected chi connectivity index (χ1v) is 7.80. The summed E-state index contributed by atoms with van der Waals surface area (Å²) >= 11 is 3.37.